The Hall–Kier alpha value is -0.910. The van der Waals surface area contributed by atoms with E-state index >= 15 is 0 Å². The molecule has 1 aromatic carbocycles. The molecule has 0 bridgehead atoms. The van der Waals surface area contributed by atoms with E-state index in [-0.39, 0.29) is 5.12 Å². The van der Waals surface area contributed by atoms with E-state index < -0.39 is 0 Å². The summed E-state index contributed by atoms with van der Waals surface area (Å²) in [6.45, 7) is 1.57. The molecule has 84 valence electrons. The van der Waals surface area contributed by atoms with E-state index in [0.717, 1.165) is 23.3 Å². The lowest BCUT2D eigenvalue weighted by Gasteiger charge is -1.95. The van der Waals surface area contributed by atoms with Crippen molar-refractivity contribution >= 4 is 28.5 Å². The number of carbonyl (C=O) groups is 1. The fraction of sp³-hybridized carbons (Fsp3) is 0.308. The van der Waals surface area contributed by atoms with E-state index in [1.54, 1.807) is 6.92 Å². The zero-order valence-electron chi connectivity index (χ0n) is 9.13. The number of alkyl halides is 1. The maximum absolute atomic E-state index is 10.7. The summed E-state index contributed by atoms with van der Waals surface area (Å²) >= 11 is 7.04. The lowest BCUT2D eigenvalue weighted by molar-refractivity contribution is -0.109. The first-order chi connectivity index (χ1) is 7.72. The first-order valence-corrected chi connectivity index (χ1v) is 6.51. The molecule has 0 aliphatic carbocycles. The van der Waals surface area contributed by atoms with Crippen LogP contribution in [0.4, 0.5) is 0 Å². The van der Waals surface area contributed by atoms with Gasteiger partial charge >= 0.3 is 0 Å². The molecule has 3 heteroatoms. The molecule has 0 fully saturated rings. The summed E-state index contributed by atoms with van der Waals surface area (Å²) in [6.07, 6.45) is 0.731. The molecule has 0 heterocycles. The highest BCUT2D eigenvalue weighted by atomic mass is 35.5. The number of halogens is 1. The van der Waals surface area contributed by atoms with Crippen LogP contribution in [0.2, 0.25) is 0 Å². The summed E-state index contributed by atoms with van der Waals surface area (Å²) in [4.78, 5) is 10.7. The van der Waals surface area contributed by atoms with E-state index in [4.69, 9.17) is 11.6 Å². The minimum atomic E-state index is 0.144. The van der Waals surface area contributed by atoms with Gasteiger partial charge in [0.1, 0.15) is 0 Å². The Morgan fingerprint density at radius 2 is 2.31 bits per heavy atom. The van der Waals surface area contributed by atoms with Crippen molar-refractivity contribution in [1.29, 1.82) is 0 Å². The number of thioether (sulfide) groups is 1. The zero-order chi connectivity index (χ0) is 11.8. The van der Waals surface area contributed by atoms with Crippen molar-refractivity contribution in [2.24, 2.45) is 0 Å². The van der Waals surface area contributed by atoms with Crippen LogP contribution in [-0.2, 0) is 10.7 Å². The van der Waals surface area contributed by atoms with Crippen LogP contribution in [0.15, 0.2) is 24.3 Å². The molecule has 16 heavy (non-hydrogen) atoms. The number of carbonyl (C=O) groups excluding carboxylic acids is 1. The third kappa shape index (κ3) is 5.25. The Labute approximate surface area is 106 Å². The fourth-order valence-electron chi connectivity index (χ4n) is 1.14. The topological polar surface area (TPSA) is 17.1 Å². The summed E-state index contributed by atoms with van der Waals surface area (Å²) in [5.41, 5.74) is 2.05. The quantitative estimate of drug-likeness (QED) is 0.466. The van der Waals surface area contributed by atoms with E-state index in [0.29, 0.717) is 5.88 Å². The van der Waals surface area contributed by atoms with Crippen molar-refractivity contribution in [2.75, 3.05) is 5.75 Å². The van der Waals surface area contributed by atoms with Gasteiger partial charge in [0.15, 0.2) is 5.12 Å². The molecule has 1 aromatic rings. The molecule has 0 N–H and O–H groups in total. The van der Waals surface area contributed by atoms with Gasteiger partial charge in [-0.05, 0) is 17.7 Å². The van der Waals surface area contributed by atoms with Gasteiger partial charge in [-0.25, -0.2) is 0 Å². The van der Waals surface area contributed by atoms with E-state index in [9.17, 15) is 4.79 Å². The predicted octanol–water partition coefficient (Wildman–Crippen LogP) is 3.45. The maximum Gasteiger partial charge on any atom is 0.185 e. The van der Waals surface area contributed by atoms with Crippen LogP contribution in [-0.4, -0.2) is 10.9 Å². The molecular weight excluding hydrogens is 240 g/mol. The number of benzene rings is 1. The third-order valence-corrected chi connectivity index (χ3v) is 2.97. The minimum Gasteiger partial charge on any atom is -0.288 e. The molecule has 0 atom stereocenters. The van der Waals surface area contributed by atoms with Gasteiger partial charge in [0.05, 0.1) is 0 Å². The Morgan fingerprint density at radius 1 is 1.50 bits per heavy atom. The standard InChI is InChI=1S/C13H13ClOS/c1-11(15)16-8-3-2-5-12-6-4-7-13(9-12)10-14/h4,6-7,9H,3,8,10H2,1H3. The van der Waals surface area contributed by atoms with Crippen molar-refractivity contribution < 1.29 is 4.79 Å². The average Bonchev–Trinajstić information content (AvgIpc) is 2.28. The lowest BCUT2D eigenvalue weighted by Crippen LogP contribution is -1.84. The summed E-state index contributed by atoms with van der Waals surface area (Å²) < 4.78 is 0. The largest absolute Gasteiger partial charge is 0.288 e. The second kappa shape index (κ2) is 7.38. The van der Waals surface area contributed by atoms with Crippen molar-refractivity contribution in [2.45, 2.75) is 19.2 Å². The SMILES string of the molecule is CC(=O)SCCC#Cc1cccc(CCl)c1. The van der Waals surface area contributed by atoms with Gasteiger partial charge in [0.2, 0.25) is 0 Å². The highest BCUT2D eigenvalue weighted by Gasteiger charge is 1.92. The van der Waals surface area contributed by atoms with Crippen LogP contribution >= 0.6 is 23.4 Å². The normalized spacial score (nSPS) is 9.38. The highest BCUT2D eigenvalue weighted by Crippen LogP contribution is 2.07. The lowest BCUT2D eigenvalue weighted by atomic mass is 10.1. The Kier molecular flexibility index (Phi) is 6.07. The molecular formula is C13H13ClOS. The molecule has 1 rings (SSSR count). The van der Waals surface area contributed by atoms with Gasteiger partial charge < -0.3 is 0 Å². The van der Waals surface area contributed by atoms with Gasteiger partial charge in [-0.15, -0.1) is 11.6 Å². The van der Waals surface area contributed by atoms with Gasteiger partial charge in [0, 0.05) is 30.5 Å². The van der Waals surface area contributed by atoms with Crippen LogP contribution in [0.1, 0.15) is 24.5 Å². The fourth-order valence-corrected chi connectivity index (χ4v) is 1.80. The maximum atomic E-state index is 10.7. The molecule has 0 aliphatic rings. The van der Waals surface area contributed by atoms with Crippen molar-refractivity contribution in [3.63, 3.8) is 0 Å². The number of rotatable bonds is 3. The second-order valence-corrected chi connectivity index (χ2v) is 4.76. The summed E-state index contributed by atoms with van der Waals surface area (Å²) in [5.74, 6) is 7.37. The predicted molar refractivity (Wildman–Crippen MR) is 70.6 cm³/mol. The van der Waals surface area contributed by atoms with Crippen LogP contribution in [0.5, 0.6) is 0 Å². The first-order valence-electron chi connectivity index (χ1n) is 4.99. The number of hydrogen-bond donors (Lipinski definition) is 0. The van der Waals surface area contributed by atoms with E-state index in [1.165, 1.54) is 11.8 Å². The Balaban J connectivity index is 2.46. The van der Waals surface area contributed by atoms with Crippen LogP contribution in [0, 0.1) is 11.8 Å². The molecule has 1 nitrogen and oxygen atoms in total. The summed E-state index contributed by atoms with van der Waals surface area (Å²) in [7, 11) is 0. The van der Waals surface area contributed by atoms with Gasteiger partial charge in [-0.2, -0.15) is 0 Å². The van der Waals surface area contributed by atoms with Crippen molar-refractivity contribution in [3.8, 4) is 11.8 Å². The molecule has 0 radical (unpaired) electrons. The van der Waals surface area contributed by atoms with Crippen LogP contribution in [0.3, 0.4) is 0 Å². The van der Waals surface area contributed by atoms with Crippen LogP contribution in [0.25, 0.3) is 0 Å². The monoisotopic (exact) mass is 252 g/mol. The molecule has 0 aromatic heterocycles. The molecule has 0 saturated heterocycles. The van der Waals surface area contributed by atoms with Gasteiger partial charge in [-0.3, -0.25) is 4.79 Å². The van der Waals surface area contributed by atoms with E-state index in [2.05, 4.69) is 11.8 Å². The Morgan fingerprint density at radius 3 is 3.00 bits per heavy atom. The third-order valence-electron chi connectivity index (χ3n) is 1.85. The molecule has 0 saturated carbocycles. The molecule has 0 spiro atoms. The zero-order valence-corrected chi connectivity index (χ0v) is 10.7. The Bertz CT molecular complexity index is 417. The van der Waals surface area contributed by atoms with Crippen molar-refractivity contribution in [3.05, 3.63) is 35.4 Å². The summed E-state index contributed by atoms with van der Waals surface area (Å²) in [6, 6.07) is 7.87. The molecule has 0 unspecified atom stereocenters. The highest BCUT2D eigenvalue weighted by molar-refractivity contribution is 8.13. The van der Waals surface area contributed by atoms with E-state index in [1.807, 2.05) is 24.3 Å². The second-order valence-electron chi connectivity index (χ2n) is 3.23. The van der Waals surface area contributed by atoms with Crippen LogP contribution < -0.4 is 0 Å². The minimum absolute atomic E-state index is 0.144. The number of hydrogen-bond acceptors (Lipinski definition) is 2. The van der Waals surface area contributed by atoms with Crippen molar-refractivity contribution in [1.82, 2.24) is 0 Å². The average molecular weight is 253 g/mol. The van der Waals surface area contributed by atoms with Gasteiger partial charge in [0.25, 0.3) is 0 Å². The molecule has 0 aliphatic heterocycles. The summed E-state index contributed by atoms with van der Waals surface area (Å²) in [5, 5.41) is 0.144. The first kappa shape index (κ1) is 13.2. The van der Waals surface area contributed by atoms with Gasteiger partial charge in [-0.1, -0.05) is 35.7 Å². The smallest absolute Gasteiger partial charge is 0.185 e. The molecule has 0 amide bonds.